The number of aryl methyl sites for hydroxylation is 1. The Morgan fingerprint density at radius 3 is 2.52 bits per heavy atom. The first-order chi connectivity index (χ1) is 15.9. The summed E-state index contributed by atoms with van der Waals surface area (Å²) in [6.07, 6.45) is 4.01. The Labute approximate surface area is 207 Å². The van der Waals surface area contributed by atoms with E-state index in [1.54, 1.807) is 35.1 Å². The Bertz CT molecular complexity index is 1090. The molecule has 3 aromatic rings. The first-order valence-corrected chi connectivity index (χ1v) is 12.1. The molecule has 1 aliphatic rings. The molecule has 4 rings (SSSR count). The number of hydrogen-bond donors (Lipinski definition) is 3. The number of hydrogen-bond acceptors (Lipinski definition) is 4. The molecule has 2 heterocycles. The van der Waals surface area contributed by atoms with Crippen LogP contribution in [0.2, 0.25) is 5.02 Å². The number of carbonyl (C=O) groups is 1. The van der Waals surface area contributed by atoms with E-state index in [4.69, 9.17) is 16.3 Å². The second-order valence-corrected chi connectivity index (χ2v) is 9.46. The van der Waals surface area contributed by atoms with Crippen LogP contribution in [0.25, 0.3) is 11.3 Å². The lowest BCUT2D eigenvalue weighted by Gasteiger charge is -2.29. The summed E-state index contributed by atoms with van der Waals surface area (Å²) >= 11 is 9.51. The number of ether oxygens (including phenoxy) is 1. The number of amides is 2. The molecule has 1 atom stereocenters. The molecule has 0 spiro atoms. The average molecular weight is 533 g/mol. The van der Waals surface area contributed by atoms with Gasteiger partial charge in [-0.15, -0.1) is 0 Å². The lowest BCUT2D eigenvalue weighted by Crippen LogP contribution is -2.35. The Balaban J connectivity index is 1.57. The van der Waals surface area contributed by atoms with Gasteiger partial charge in [0.05, 0.1) is 22.5 Å². The first-order valence-electron chi connectivity index (χ1n) is 10.9. The maximum Gasteiger partial charge on any atom is 0.323 e. The number of anilines is 2. The molecule has 3 N–H and O–H groups in total. The van der Waals surface area contributed by atoms with E-state index in [0.29, 0.717) is 22.3 Å². The van der Waals surface area contributed by atoms with Crippen molar-refractivity contribution in [3.05, 3.63) is 58.2 Å². The van der Waals surface area contributed by atoms with Crippen molar-refractivity contribution in [1.29, 1.82) is 0 Å². The molecule has 1 unspecified atom stereocenters. The standard InChI is InChI=1S/C24H27BrClN5O2/c1-15(16-9-11-27-12-10-16)33-22-8-7-19(13-20(22)23-21(25)14-28-31(23)2)30-24(32)29-18-5-3-17(26)4-6-18/h3-8,13-16,27H,9-12H2,1-2H3,(H2,29,30,32). The van der Waals surface area contributed by atoms with Gasteiger partial charge in [-0.2, -0.15) is 5.10 Å². The van der Waals surface area contributed by atoms with E-state index in [1.807, 2.05) is 25.2 Å². The first kappa shape index (κ1) is 23.6. The topological polar surface area (TPSA) is 80.2 Å². The highest BCUT2D eigenvalue weighted by molar-refractivity contribution is 9.10. The molecule has 7 nitrogen and oxygen atoms in total. The molecular weight excluding hydrogens is 506 g/mol. The molecular formula is C24H27BrClN5O2. The zero-order valence-electron chi connectivity index (χ0n) is 18.6. The molecule has 33 heavy (non-hydrogen) atoms. The minimum atomic E-state index is -0.343. The number of rotatable bonds is 6. The fourth-order valence-electron chi connectivity index (χ4n) is 4.05. The van der Waals surface area contributed by atoms with Crippen LogP contribution in [-0.4, -0.2) is 35.0 Å². The van der Waals surface area contributed by atoms with Crippen molar-refractivity contribution in [2.75, 3.05) is 23.7 Å². The quantitative estimate of drug-likeness (QED) is 0.368. The predicted molar refractivity (Wildman–Crippen MR) is 136 cm³/mol. The summed E-state index contributed by atoms with van der Waals surface area (Å²) in [5, 5.41) is 14.1. The fraction of sp³-hybridized carbons (Fsp3) is 0.333. The zero-order chi connectivity index (χ0) is 23.4. The van der Waals surface area contributed by atoms with E-state index in [9.17, 15) is 4.79 Å². The van der Waals surface area contributed by atoms with Gasteiger partial charge in [0.15, 0.2) is 0 Å². The molecule has 1 aliphatic heterocycles. The second kappa shape index (κ2) is 10.6. The maximum atomic E-state index is 12.5. The number of nitrogens with one attached hydrogen (secondary N) is 3. The average Bonchev–Trinajstić information content (AvgIpc) is 3.14. The van der Waals surface area contributed by atoms with Gasteiger partial charge in [-0.1, -0.05) is 11.6 Å². The van der Waals surface area contributed by atoms with Crippen molar-refractivity contribution in [3.63, 3.8) is 0 Å². The number of halogens is 2. The molecule has 9 heteroatoms. The van der Waals surface area contributed by atoms with Gasteiger partial charge in [-0.3, -0.25) is 4.68 Å². The van der Waals surface area contributed by atoms with Gasteiger partial charge in [0.25, 0.3) is 0 Å². The number of piperidine rings is 1. The second-order valence-electron chi connectivity index (χ2n) is 8.17. The summed E-state index contributed by atoms with van der Waals surface area (Å²) in [5.74, 6) is 1.26. The highest BCUT2D eigenvalue weighted by Gasteiger charge is 2.24. The van der Waals surface area contributed by atoms with Crippen LogP contribution in [0.1, 0.15) is 19.8 Å². The van der Waals surface area contributed by atoms with Gasteiger partial charge in [0, 0.05) is 29.0 Å². The van der Waals surface area contributed by atoms with E-state index in [-0.39, 0.29) is 12.1 Å². The van der Waals surface area contributed by atoms with Crippen molar-refractivity contribution in [2.45, 2.75) is 25.9 Å². The minimum absolute atomic E-state index is 0.0739. The molecule has 2 aromatic carbocycles. The molecule has 0 saturated carbocycles. The lowest BCUT2D eigenvalue weighted by molar-refractivity contribution is 0.128. The summed E-state index contributed by atoms with van der Waals surface area (Å²) in [6, 6.07) is 12.3. The number of aromatic nitrogens is 2. The Hall–Kier alpha value is -2.55. The molecule has 0 aliphatic carbocycles. The molecule has 0 bridgehead atoms. The Morgan fingerprint density at radius 1 is 1.18 bits per heavy atom. The van der Waals surface area contributed by atoms with Crippen LogP contribution in [0.4, 0.5) is 16.2 Å². The van der Waals surface area contributed by atoms with Gasteiger partial charge < -0.3 is 20.7 Å². The van der Waals surface area contributed by atoms with Crippen molar-refractivity contribution in [1.82, 2.24) is 15.1 Å². The molecule has 174 valence electrons. The normalized spacial score (nSPS) is 15.2. The van der Waals surface area contributed by atoms with Crippen LogP contribution in [0.5, 0.6) is 5.75 Å². The van der Waals surface area contributed by atoms with E-state index in [0.717, 1.165) is 47.4 Å². The zero-order valence-corrected chi connectivity index (χ0v) is 20.9. The summed E-state index contributed by atoms with van der Waals surface area (Å²) in [4.78, 5) is 12.5. The van der Waals surface area contributed by atoms with Gasteiger partial charge in [0.2, 0.25) is 0 Å². The van der Waals surface area contributed by atoms with Crippen LogP contribution in [-0.2, 0) is 7.05 Å². The molecule has 2 amide bonds. The van der Waals surface area contributed by atoms with Gasteiger partial charge in [-0.25, -0.2) is 4.79 Å². The largest absolute Gasteiger partial charge is 0.490 e. The summed E-state index contributed by atoms with van der Waals surface area (Å²) in [5.41, 5.74) is 3.03. The van der Waals surface area contributed by atoms with Crippen molar-refractivity contribution < 1.29 is 9.53 Å². The predicted octanol–water partition coefficient (Wildman–Crippen LogP) is 5.91. The molecule has 1 saturated heterocycles. The highest BCUT2D eigenvalue weighted by atomic mass is 79.9. The van der Waals surface area contributed by atoms with E-state index in [1.165, 1.54) is 0 Å². The van der Waals surface area contributed by atoms with Crippen LogP contribution in [0.3, 0.4) is 0 Å². The number of carbonyl (C=O) groups excluding carboxylic acids is 1. The van der Waals surface area contributed by atoms with Gasteiger partial charge >= 0.3 is 6.03 Å². The van der Waals surface area contributed by atoms with Crippen molar-refractivity contribution in [2.24, 2.45) is 13.0 Å². The van der Waals surface area contributed by atoms with Gasteiger partial charge in [0.1, 0.15) is 5.75 Å². The number of benzene rings is 2. The van der Waals surface area contributed by atoms with Crippen LogP contribution < -0.4 is 20.7 Å². The Kier molecular flexibility index (Phi) is 7.57. The SMILES string of the molecule is CC(Oc1ccc(NC(=O)Nc2ccc(Cl)cc2)cc1-c1c(Br)cnn1C)C1CCNCC1. The summed E-state index contributed by atoms with van der Waals surface area (Å²) < 4.78 is 9.10. The molecule has 1 aromatic heterocycles. The van der Waals surface area contributed by atoms with E-state index < -0.39 is 0 Å². The minimum Gasteiger partial charge on any atom is -0.490 e. The van der Waals surface area contributed by atoms with Crippen LogP contribution in [0, 0.1) is 5.92 Å². The third kappa shape index (κ3) is 5.88. The summed E-state index contributed by atoms with van der Waals surface area (Å²) in [6.45, 7) is 4.16. The third-order valence-electron chi connectivity index (χ3n) is 5.85. The molecule has 0 radical (unpaired) electrons. The lowest BCUT2D eigenvalue weighted by atomic mass is 9.93. The van der Waals surface area contributed by atoms with Crippen molar-refractivity contribution in [3.8, 4) is 17.0 Å². The maximum absolute atomic E-state index is 12.5. The Morgan fingerprint density at radius 2 is 1.85 bits per heavy atom. The number of nitrogens with zero attached hydrogens (tertiary/aromatic N) is 2. The van der Waals surface area contributed by atoms with Crippen molar-refractivity contribution >= 4 is 44.9 Å². The van der Waals surface area contributed by atoms with Crippen LogP contribution >= 0.6 is 27.5 Å². The van der Waals surface area contributed by atoms with E-state index >= 15 is 0 Å². The fourth-order valence-corrected chi connectivity index (χ4v) is 4.73. The molecule has 1 fully saturated rings. The third-order valence-corrected chi connectivity index (χ3v) is 6.68. The monoisotopic (exact) mass is 531 g/mol. The van der Waals surface area contributed by atoms with Gasteiger partial charge in [-0.05, 0) is 97.2 Å². The summed E-state index contributed by atoms with van der Waals surface area (Å²) in [7, 11) is 1.88. The van der Waals surface area contributed by atoms with E-state index in [2.05, 4.69) is 43.9 Å². The smallest absolute Gasteiger partial charge is 0.323 e. The number of urea groups is 1. The van der Waals surface area contributed by atoms with Crippen LogP contribution in [0.15, 0.2) is 53.1 Å². The highest BCUT2D eigenvalue weighted by Crippen LogP contribution is 2.38.